The molecule has 1 heterocycles. The second kappa shape index (κ2) is 7.79. The smallest absolute Gasteiger partial charge is 0.340 e. The predicted molar refractivity (Wildman–Crippen MR) is 100 cm³/mol. The van der Waals surface area contributed by atoms with E-state index in [1.807, 2.05) is 5.38 Å². The van der Waals surface area contributed by atoms with E-state index in [1.165, 1.54) is 9.78 Å². The standard InChI is InChI=1S/C20H26N2O3S/c1-14(18(23)22(2)20(13-21)10-6-3-7-11-20)25-19(24)16-12-26-17-9-5-4-8-15(16)17/h12,14H,3-11H2,1-2H3/t14-/m1/s1. The molecule has 140 valence electrons. The summed E-state index contributed by atoms with van der Waals surface area (Å²) in [5, 5.41) is 11.5. The third-order valence-corrected chi connectivity index (χ3v) is 6.86. The van der Waals surface area contributed by atoms with Gasteiger partial charge in [-0.2, -0.15) is 5.26 Å². The molecular formula is C20H26N2O3S. The molecule has 6 heteroatoms. The molecule has 0 N–H and O–H groups in total. The number of carbonyl (C=O) groups is 2. The molecular weight excluding hydrogens is 348 g/mol. The van der Waals surface area contributed by atoms with Crippen molar-refractivity contribution in [2.24, 2.45) is 0 Å². The normalized spacial score (nSPS) is 19.7. The maximum Gasteiger partial charge on any atom is 0.340 e. The monoisotopic (exact) mass is 374 g/mol. The van der Waals surface area contributed by atoms with Crippen LogP contribution < -0.4 is 0 Å². The summed E-state index contributed by atoms with van der Waals surface area (Å²) in [6.07, 6.45) is 7.65. The topological polar surface area (TPSA) is 70.4 Å². The van der Waals surface area contributed by atoms with Gasteiger partial charge in [-0.1, -0.05) is 19.3 Å². The zero-order valence-corrected chi connectivity index (χ0v) is 16.4. The Balaban J connectivity index is 1.68. The highest BCUT2D eigenvalue weighted by Gasteiger charge is 2.41. The van der Waals surface area contributed by atoms with Crippen LogP contribution in [0, 0.1) is 11.3 Å². The van der Waals surface area contributed by atoms with Gasteiger partial charge in [0, 0.05) is 17.3 Å². The molecule has 0 aliphatic heterocycles. The summed E-state index contributed by atoms with van der Waals surface area (Å²) in [5.74, 6) is -0.723. The largest absolute Gasteiger partial charge is 0.449 e. The van der Waals surface area contributed by atoms with Crippen molar-refractivity contribution in [1.82, 2.24) is 4.90 Å². The Labute approximate surface area is 158 Å². The van der Waals surface area contributed by atoms with E-state index in [1.54, 1.807) is 25.3 Å². The molecule has 0 radical (unpaired) electrons. The molecule has 1 aromatic rings. The van der Waals surface area contributed by atoms with Gasteiger partial charge in [0.2, 0.25) is 0 Å². The lowest BCUT2D eigenvalue weighted by Gasteiger charge is -2.39. The Kier molecular flexibility index (Phi) is 5.67. The molecule has 5 nitrogen and oxygen atoms in total. The van der Waals surface area contributed by atoms with E-state index in [0.717, 1.165) is 50.5 Å². The van der Waals surface area contributed by atoms with Gasteiger partial charge in [0.1, 0.15) is 5.54 Å². The molecule has 0 saturated heterocycles. The first kappa shape index (κ1) is 18.9. The fraction of sp³-hybridized carbons (Fsp3) is 0.650. The number of nitriles is 1. The first-order valence-corrected chi connectivity index (χ1v) is 10.4. The number of amides is 1. The molecule has 0 bridgehead atoms. The van der Waals surface area contributed by atoms with Crippen LogP contribution in [0.4, 0.5) is 0 Å². The number of thiophene rings is 1. The van der Waals surface area contributed by atoms with Crippen LogP contribution in [-0.4, -0.2) is 35.5 Å². The molecule has 0 spiro atoms. The number of rotatable bonds is 4. The lowest BCUT2D eigenvalue weighted by atomic mass is 9.81. The summed E-state index contributed by atoms with van der Waals surface area (Å²) in [4.78, 5) is 28.2. The molecule has 3 rings (SSSR count). The van der Waals surface area contributed by atoms with Crippen LogP contribution in [0.2, 0.25) is 0 Å². The average molecular weight is 375 g/mol. The number of fused-ring (bicyclic) bond motifs is 1. The highest BCUT2D eigenvalue weighted by molar-refractivity contribution is 7.10. The Morgan fingerprint density at radius 2 is 1.92 bits per heavy atom. The first-order valence-electron chi connectivity index (χ1n) is 9.47. The van der Waals surface area contributed by atoms with Gasteiger partial charge in [-0.3, -0.25) is 4.79 Å². The summed E-state index contributed by atoms with van der Waals surface area (Å²) in [5.41, 5.74) is 0.942. The van der Waals surface area contributed by atoms with Gasteiger partial charge < -0.3 is 9.64 Å². The minimum atomic E-state index is -0.890. The molecule has 26 heavy (non-hydrogen) atoms. The van der Waals surface area contributed by atoms with Crippen LogP contribution in [0.25, 0.3) is 0 Å². The lowest BCUT2D eigenvalue weighted by Crippen LogP contribution is -2.53. The van der Waals surface area contributed by atoms with Gasteiger partial charge in [-0.05, 0) is 51.0 Å². The van der Waals surface area contributed by atoms with E-state index < -0.39 is 17.6 Å². The van der Waals surface area contributed by atoms with Crippen molar-refractivity contribution in [1.29, 1.82) is 5.26 Å². The van der Waals surface area contributed by atoms with Gasteiger partial charge in [-0.15, -0.1) is 11.3 Å². The summed E-state index contributed by atoms with van der Waals surface area (Å²) < 4.78 is 5.49. The van der Waals surface area contributed by atoms with Crippen LogP contribution in [0.1, 0.15) is 72.7 Å². The van der Waals surface area contributed by atoms with Crippen LogP contribution in [-0.2, 0) is 22.4 Å². The summed E-state index contributed by atoms with van der Waals surface area (Å²) in [7, 11) is 1.66. The second-order valence-electron chi connectivity index (χ2n) is 7.41. The van der Waals surface area contributed by atoms with Crippen molar-refractivity contribution in [3.63, 3.8) is 0 Å². The van der Waals surface area contributed by atoms with Crippen molar-refractivity contribution in [3.8, 4) is 6.07 Å². The third kappa shape index (κ3) is 3.50. The van der Waals surface area contributed by atoms with Crippen molar-refractivity contribution >= 4 is 23.2 Å². The number of likely N-dealkylation sites (N-methyl/N-ethyl adjacent to an activating group) is 1. The minimum Gasteiger partial charge on any atom is -0.449 e. The molecule has 0 aromatic carbocycles. The Morgan fingerprint density at radius 1 is 1.23 bits per heavy atom. The molecule has 1 atom stereocenters. The van der Waals surface area contributed by atoms with Crippen LogP contribution in [0.3, 0.4) is 0 Å². The van der Waals surface area contributed by atoms with Crippen molar-refractivity contribution < 1.29 is 14.3 Å². The zero-order chi connectivity index (χ0) is 18.7. The molecule has 1 aromatic heterocycles. The average Bonchev–Trinajstić information content (AvgIpc) is 3.11. The molecule has 0 unspecified atom stereocenters. The number of hydrogen-bond acceptors (Lipinski definition) is 5. The van der Waals surface area contributed by atoms with E-state index in [4.69, 9.17) is 4.74 Å². The summed E-state index contributed by atoms with van der Waals surface area (Å²) in [6.45, 7) is 1.60. The maximum absolute atomic E-state index is 12.8. The van der Waals surface area contributed by atoms with E-state index in [2.05, 4.69) is 6.07 Å². The van der Waals surface area contributed by atoms with E-state index in [9.17, 15) is 14.9 Å². The highest BCUT2D eigenvalue weighted by atomic mass is 32.1. The van der Waals surface area contributed by atoms with Crippen molar-refractivity contribution in [2.45, 2.75) is 76.4 Å². The van der Waals surface area contributed by atoms with Crippen LogP contribution >= 0.6 is 11.3 Å². The van der Waals surface area contributed by atoms with E-state index in [0.29, 0.717) is 18.4 Å². The van der Waals surface area contributed by atoms with E-state index in [-0.39, 0.29) is 5.91 Å². The maximum atomic E-state index is 12.8. The quantitative estimate of drug-likeness (QED) is 0.751. The fourth-order valence-corrected chi connectivity index (χ4v) is 5.20. The van der Waals surface area contributed by atoms with Crippen LogP contribution in [0.15, 0.2) is 5.38 Å². The predicted octanol–water partition coefficient (Wildman–Crippen LogP) is 3.86. The lowest BCUT2D eigenvalue weighted by molar-refractivity contribution is -0.143. The van der Waals surface area contributed by atoms with Gasteiger partial charge in [0.15, 0.2) is 6.10 Å². The van der Waals surface area contributed by atoms with Crippen molar-refractivity contribution in [2.75, 3.05) is 7.05 Å². The minimum absolute atomic E-state index is 0.300. The fourth-order valence-electron chi connectivity index (χ4n) is 4.08. The molecule has 2 aliphatic rings. The van der Waals surface area contributed by atoms with Gasteiger partial charge in [-0.25, -0.2) is 4.79 Å². The zero-order valence-electron chi connectivity index (χ0n) is 15.5. The van der Waals surface area contributed by atoms with E-state index >= 15 is 0 Å². The van der Waals surface area contributed by atoms with Crippen molar-refractivity contribution in [3.05, 3.63) is 21.4 Å². The highest BCUT2D eigenvalue weighted by Crippen LogP contribution is 2.33. The molecule has 2 aliphatic carbocycles. The number of carbonyl (C=O) groups excluding carboxylic acids is 2. The molecule has 1 amide bonds. The number of hydrogen-bond donors (Lipinski definition) is 0. The Bertz CT molecular complexity index is 728. The molecule has 1 fully saturated rings. The van der Waals surface area contributed by atoms with Gasteiger partial charge >= 0.3 is 5.97 Å². The summed E-state index contributed by atoms with van der Waals surface area (Å²) in [6, 6.07) is 2.34. The Hall–Kier alpha value is -1.87. The second-order valence-corrected chi connectivity index (χ2v) is 8.37. The SMILES string of the molecule is C[C@@H](OC(=O)c1csc2c1CCCC2)C(=O)N(C)C1(C#N)CCCCC1. The van der Waals surface area contributed by atoms with Gasteiger partial charge in [0.25, 0.3) is 5.91 Å². The summed E-state index contributed by atoms with van der Waals surface area (Å²) >= 11 is 1.61. The first-order chi connectivity index (χ1) is 12.5. The van der Waals surface area contributed by atoms with Gasteiger partial charge in [0.05, 0.1) is 11.6 Å². The third-order valence-electron chi connectivity index (χ3n) is 5.77. The number of aryl methyl sites for hydroxylation is 1. The Morgan fingerprint density at radius 3 is 2.62 bits per heavy atom. The number of nitrogens with zero attached hydrogens (tertiary/aromatic N) is 2. The molecule has 1 saturated carbocycles. The van der Waals surface area contributed by atoms with Crippen LogP contribution in [0.5, 0.6) is 0 Å². The number of ether oxygens (including phenoxy) is 1. The number of esters is 1.